The van der Waals surface area contributed by atoms with E-state index in [1.165, 1.54) is 5.56 Å². The number of rotatable bonds is 2. The topological polar surface area (TPSA) is 50.9 Å². The van der Waals surface area contributed by atoms with E-state index in [9.17, 15) is 5.11 Å². The summed E-state index contributed by atoms with van der Waals surface area (Å²) >= 11 is 0. The van der Waals surface area contributed by atoms with E-state index in [0.29, 0.717) is 0 Å². The van der Waals surface area contributed by atoms with Gasteiger partial charge in [-0.3, -0.25) is 9.67 Å². The minimum Gasteiger partial charge on any atom is -0.388 e. The minimum atomic E-state index is -0.505. The van der Waals surface area contributed by atoms with Crippen LogP contribution >= 0.6 is 0 Å². The van der Waals surface area contributed by atoms with Crippen LogP contribution in [0.3, 0.4) is 0 Å². The van der Waals surface area contributed by atoms with Crippen LogP contribution in [0.1, 0.15) is 41.0 Å². The third-order valence-corrected chi connectivity index (χ3v) is 3.97. The van der Waals surface area contributed by atoms with Gasteiger partial charge in [-0.25, -0.2) is 0 Å². The Labute approximate surface area is 106 Å². The molecule has 0 saturated heterocycles. The van der Waals surface area contributed by atoms with Crippen molar-refractivity contribution in [1.82, 2.24) is 14.8 Å². The molecule has 2 aromatic heterocycles. The fraction of sp³-hybridized carbons (Fsp3) is 0.429. The van der Waals surface area contributed by atoms with E-state index >= 15 is 0 Å². The zero-order valence-electron chi connectivity index (χ0n) is 10.7. The Kier molecular flexibility index (Phi) is 2.67. The molecule has 1 aliphatic rings. The highest BCUT2D eigenvalue weighted by Crippen LogP contribution is 2.40. The number of hydrogen-bond acceptors (Lipinski definition) is 3. The number of aliphatic hydroxyl groups excluding tert-OH is 1. The van der Waals surface area contributed by atoms with Gasteiger partial charge in [-0.2, -0.15) is 5.10 Å². The first-order valence-corrected chi connectivity index (χ1v) is 6.29. The molecule has 0 amide bonds. The first-order valence-electron chi connectivity index (χ1n) is 6.29. The van der Waals surface area contributed by atoms with Gasteiger partial charge >= 0.3 is 0 Å². The van der Waals surface area contributed by atoms with Crippen molar-refractivity contribution in [3.63, 3.8) is 0 Å². The number of hydrogen-bond donors (Lipinski definition) is 1. The van der Waals surface area contributed by atoms with Gasteiger partial charge in [-0.1, -0.05) is 6.07 Å². The monoisotopic (exact) mass is 243 g/mol. The number of pyridine rings is 1. The summed E-state index contributed by atoms with van der Waals surface area (Å²) in [5, 5.41) is 14.8. The molecule has 2 heterocycles. The Morgan fingerprint density at radius 2 is 2.33 bits per heavy atom. The van der Waals surface area contributed by atoms with Gasteiger partial charge in [0, 0.05) is 36.1 Å². The summed E-state index contributed by atoms with van der Waals surface area (Å²) in [5.41, 5.74) is 4.25. The van der Waals surface area contributed by atoms with E-state index in [1.807, 2.05) is 20.0 Å². The summed E-state index contributed by atoms with van der Waals surface area (Å²) in [6, 6.07) is 4.06. The molecule has 0 bridgehead atoms. The lowest BCUT2D eigenvalue weighted by Gasteiger charge is -2.18. The lowest BCUT2D eigenvalue weighted by Crippen LogP contribution is -2.10. The summed E-state index contributed by atoms with van der Waals surface area (Å²) in [4.78, 5) is 4.44. The Morgan fingerprint density at radius 3 is 3.06 bits per heavy atom. The number of aliphatic hydroxyl groups is 1. The Morgan fingerprint density at radius 1 is 1.50 bits per heavy atom. The quantitative estimate of drug-likeness (QED) is 0.876. The summed E-state index contributed by atoms with van der Waals surface area (Å²) in [6.45, 7) is 1.99. The van der Waals surface area contributed by atoms with Crippen molar-refractivity contribution in [2.75, 3.05) is 0 Å². The molecule has 18 heavy (non-hydrogen) atoms. The first kappa shape index (κ1) is 11.4. The molecular weight excluding hydrogens is 226 g/mol. The molecule has 2 unspecified atom stereocenters. The lowest BCUT2D eigenvalue weighted by molar-refractivity contribution is 0.142. The molecule has 94 valence electrons. The molecular formula is C14H17N3O. The SMILES string of the molecule is Cc1c(C(O)C2CCc3cccnc32)cnn1C. The van der Waals surface area contributed by atoms with Gasteiger partial charge < -0.3 is 5.11 Å². The van der Waals surface area contributed by atoms with Crippen LogP contribution in [0.2, 0.25) is 0 Å². The van der Waals surface area contributed by atoms with Crippen LogP contribution in [-0.2, 0) is 13.5 Å². The van der Waals surface area contributed by atoms with Crippen molar-refractivity contribution in [3.05, 3.63) is 47.0 Å². The van der Waals surface area contributed by atoms with Gasteiger partial charge in [-0.05, 0) is 31.4 Å². The molecule has 4 heteroatoms. The Hall–Kier alpha value is -1.68. The second kappa shape index (κ2) is 4.21. The maximum absolute atomic E-state index is 10.6. The van der Waals surface area contributed by atoms with E-state index in [1.54, 1.807) is 17.1 Å². The van der Waals surface area contributed by atoms with E-state index < -0.39 is 6.10 Å². The molecule has 1 N–H and O–H groups in total. The van der Waals surface area contributed by atoms with Gasteiger partial charge in [0.1, 0.15) is 0 Å². The first-order chi connectivity index (χ1) is 8.68. The average Bonchev–Trinajstić information content (AvgIpc) is 2.94. The smallest absolute Gasteiger partial charge is 0.0906 e. The molecule has 0 aromatic carbocycles. The van der Waals surface area contributed by atoms with Crippen LogP contribution in [0, 0.1) is 6.92 Å². The highest BCUT2D eigenvalue weighted by atomic mass is 16.3. The van der Waals surface area contributed by atoms with E-state index in [2.05, 4.69) is 16.1 Å². The van der Waals surface area contributed by atoms with E-state index in [-0.39, 0.29) is 5.92 Å². The number of aryl methyl sites for hydroxylation is 2. The standard InChI is InChI=1S/C14H17N3O/c1-9-12(8-16-17(9)2)14(18)11-6-5-10-4-3-7-15-13(10)11/h3-4,7-8,11,14,18H,5-6H2,1-2H3. The molecule has 0 fully saturated rings. The van der Waals surface area contributed by atoms with Crippen LogP contribution in [0.15, 0.2) is 24.5 Å². The normalized spacial score (nSPS) is 19.8. The van der Waals surface area contributed by atoms with Crippen molar-refractivity contribution >= 4 is 0 Å². The van der Waals surface area contributed by atoms with Gasteiger partial charge in [-0.15, -0.1) is 0 Å². The molecule has 2 atom stereocenters. The van der Waals surface area contributed by atoms with Crippen LogP contribution in [0.25, 0.3) is 0 Å². The molecule has 3 rings (SSSR count). The van der Waals surface area contributed by atoms with E-state index in [0.717, 1.165) is 29.8 Å². The second-order valence-corrected chi connectivity index (χ2v) is 4.95. The molecule has 2 aromatic rings. The minimum absolute atomic E-state index is 0.101. The summed E-state index contributed by atoms with van der Waals surface area (Å²) < 4.78 is 1.80. The van der Waals surface area contributed by atoms with Crippen LogP contribution in [-0.4, -0.2) is 19.9 Å². The maximum Gasteiger partial charge on any atom is 0.0906 e. The zero-order valence-corrected chi connectivity index (χ0v) is 10.7. The highest BCUT2D eigenvalue weighted by Gasteiger charge is 2.32. The van der Waals surface area contributed by atoms with Crippen LogP contribution < -0.4 is 0 Å². The second-order valence-electron chi connectivity index (χ2n) is 4.95. The molecule has 0 radical (unpaired) electrons. The molecule has 1 aliphatic carbocycles. The lowest BCUT2D eigenvalue weighted by atomic mass is 9.94. The Bertz CT molecular complexity index is 576. The summed E-state index contributed by atoms with van der Waals surface area (Å²) in [5.74, 6) is 0.101. The fourth-order valence-electron chi connectivity index (χ4n) is 2.77. The number of nitrogens with zero attached hydrogens (tertiary/aromatic N) is 3. The van der Waals surface area contributed by atoms with Gasteiger partial charge in [0.2, 0.25) is 0 Å². The van der Waals surface area contributed by atoms with Crippen molar-refractivity contribution in [2.45, 2.75) is 31.8 Å². The third-order valence-electron chi connectivity index (χ3n) is 3.97. The summed E-state index contributed by atoms with van der Waals surface area (Å²) in [7, 11) is 1.90. The molecule has 0 aliphatic heterocycles. The van der Waals surface area contributed by atoms with Gasteiger partial charge in [0.25, 0.3) is 0 Å². The molecule has 0 saturated carbocycles. The highest BCUT2D eigenvalue weighted by molar-refractivity contribution is 5.33. The zero-order chi connectivity index (χ0) is 12.7. The van der Waals surface area contributed by atoms with Crippen molar-refractivity contribution in [1.29, 1.82) is 0 Å². The van der Waals surface area contributed by atoms with Crippen molar-refractivity contribution in [2.24, 2.45) is 7.05 Å². The number of aromatic nitrogens is 3. The fourth-order valence-corrected chi connectivity index (χ4v) is 2.77. The summed E-state index contributed by atoms with van der Waals surface area (Å²) in [6.07, 6.45) is 5.03. The largest absolute Gasteiger partial charge is 0.388 e. The van der Waals surface area contributed by atoms with Crippen molar-refractivity contribution in [3.8, 4) is 0 Å². The average molecular weight is 243 g/mol. The van der Waals surface area contributed by atoms with Crippen molar-refractivity contribution < 1.29 is 5.11 Å². The predicted octanol–water partition coefficient (Wildman–Crippen LogP) is 1.89. The maximum atomic E-state index is 10.6. The predicted molar refractivity (Wildman–Crippen MR) is 68.2 cm³/mol. The Balaban J connectivity index is 1.95. The third kappa shape index (κ3) is 1.64. The van der Waals surface area contributed by atoms with Gasteiger partial charge in [0.15, 0.2) is 0 Å². The van der Waals surface area contributed by atoms with Crippen LogP contribution in [0.4, 0.5) is 0 Å². The molecule has 0 spiro atoms. The van der Waals surface area contributed by atoms with Gasteiger partial charge in [0.05, 0.1) is 12.3 Å². The molecule has 4 nitrogen and oxygen atoms in total. The van der Waals surface area contributed by atoms with Crippen LogP contribution in [0.5, 0.6) is 0 Å². The van der Waals surface area contributed by atoms with E-state index in [4.69, 9.17) is 0 Å². The number of fused-ring (bicyclic) bond motifs is 1.